The van der Waals surface area contributed by atoms with E-state index in [4.69, 9.17) is 16.3 Å². The monoisotopic (exact) mass is 379 g/mol. The van der Waals surface area contributed by atoms with E-state index in [1.54, 1.807) is 17.0 Å². The van der Waals surface area contributed by atoms with Gasteiger partial charge in [0.05, 0.1) is 6.33 Å². The van der Waals surface area contributed by atoms with Gasteiger partial charge in [-0.05, 0) is 31.4 Å². The minimum atomic E-state index is -0.891. The number of fused-ring (bicyclic) bond motifs is 1. The Morgan fingerprint density at radius 1 is 1.27 bits per heavy atom. The number of ether oxygens (including phenoxy) is 1. The molecule has 1 saturated heterocycles. The van der Waals surface area contributed by atoms with Crippen molar-refractivity contribution >= 4 is 28.6 Å². The third-order valence-corrected chi connectivity index (χ3v) is 4.71. The van der Waals surface area contributed by atoms with E-state index < -0.39 is 11.9 Å². The smallest absolute Gasteiger partial charge is 0.312 e. The van der Waals surface area contributed by atoms with Crippen LogP contribution in [0.1, 0.15) is 31.1 Å². The van der Waals surface area contributed by atoms with Gasteiger partial charge in [0.2, 0.25) is 0 Å². The van der Waals surface area contributed by atoms with Crippen LogP contribution in [0.15, 0.2) is 24.5 Å². The number of nitrogens with one attached hydrogen (secondary N) is 1. The van der Waals surface area contributed by atoms with Crippen molar-refractivity contribution in [2.24, 2.45) is 0 Å². The Kier molecular flexibility index (Phi) is 4.69. The molecule has 26 heavy (non-hydrogen) atoms. The van der Waals surface area contributed by atoms with Gasteiger partial charge in [-0.2, -0.15) is 14.4 Å². The van der Waals surface area contributed by atoms with E-state index >= 15 is 0 Å². The molecular weight excluding hydrogens is 364 g/mol. The van der Waals surface area contributed by atoms with E-state index in [2.05, 4.69) is 20.3 Å². The predicted molar refractivity (Wildman–Crippen MR) is 92.9 cm³/mol. The van der Waals surface area contributed by atoms with E-state index in [0.717, 1.165) is 19.3 Å². The van der Waals surface area contributed by atoms with E-state index in [-0.39, 0.29) is 29.2 Å². The Balaban J connectivity index is 1.66. The summed E-state index contributed by atoms with van der Waals surface area (Å²) in [6.45, 7) is 0.693. The van der Waals surface area contributed by atoms with Gasteiger partial charge in [-0.25, -0.2) is 9.37 Å². The first-order chi connectivity index (χ1) is 12.6. The number of hydrogen-bond acceptors (Lipinski definition) is 5. The van der Waals surface area contributed by atoms with Gasteiger partial charge in [0.1, 0.15) is 12.0 Å². The molecule has 1 aliphatic rings. The van der Waals surface area contributed by atoms with E-state index in [0.29, 0.717) is 17.8 Å². The first-order valence-electron chi connectivity index (χ1n) is 8.32. The Morgan fingerprint density at radius 3 is 2.92 bits per heavy atom. The summed E-state index contributed by atoms with van der Waals surface area (Å²) in [5.41, 5.74) is 1.01. The molecule has 0 aliphatic carbocycles. The molecule has 0 spiro atoms. The van der Waals surface area contributed by atoms with Crippen LogP contribution in [0.4, 0.5) is 14.6 Å². The fraction of sp³-hybridized carbons (Fsp3) is 0.353. The zero-order chi connectivity index (χ0) is 18.1. The second kappa shape index (κ2) is 7.13. The highest BCUT2D eigenvalue weighted by Gasteiger charge is 2.21. The van der Waals surface area contributed by atoms with E-state index in [1.165, 1.54) is 12.1 Å². The summed E-state index contributed by atoms with van der Waals surface area (Å²) in [7, 11) is 0. The van der Waals surface area contributed by atoms with Crippen molar-refractivity contribution in [3.05, 3.63) is 47.0 Å². The molecule has 0 radical (unpaired) electrons. The SMILES string of the molecule is Fc1nc(NCc2c(F)cccc2Cl)c2ncn(C3CCCCO3)c2n1. The van der Waals surface area contributed by atoms with Gasteiger partial charge in [-0.3, -0.25) is 4.57 Å². The van der Waals surface area contributed by atoms with Crippen LogP contribution >= 0.6 is 11.6 Å². The highest BCUT2D eigenvalue weighted by Crippen LogP contribution is 2.28. The van der Waals surface area contributed by atoms with Gasteiger partial charge in [0, 0.05) is 23.7 Å². The zero-order valence-corrected chi connectivity index (χ0v) is 14.5. The van der Waals surface area contributed by atoms with Crippen molar-refractivity contribution in [1.82, 2.24) is 19.5 Å². The topological polar surface area (TPSA) is 64.9 Å². The van der Waals surface area contributed by atoms with Gasteiger partial charge in [0.15, 0.2) is 17.0 Å². The largest absolute Gasteiger partial charge is 0.364 e. The van der Waals surface area contributed by atoms with Crippen molar-refractivity contribution < 1.29 is 13.5 Å². The van der Waals surface area contributed by atoms with Crippen molar-refractivity contribution in [2.75, 3.05) is 11.9 Å². The number of imidazole rings is 1. The van der Waals surface area contributed by atoms with Crippen molar-refractivity contribution in [2.45, 2.75) is 32.0 Å². The summed E-state index contributed by atoms with van der Waals surface area (Å²) in [6, 6.07) is 4.43. The van der Waals surface area contributed by atoms with Gasteiger partial charge in [-0.1, -0.05) is 17.7 Å². The Morgan fingerprint density at radius 2 is 2.15 bits per heavy atom. The lowest BCUT2D eigenvalue weighted by Crippen LogP contribution is -2.18. The van der Waals surface area contributed by atoms with Crippen LogP contribution in [0, 0.1) is 11.9 Å². The number of benzene rings is 1. The maximum Gasteiger partial charge on any atom is 0.312 e. The summed E-state index contributed by atoms with van der Waals surface area (Å²) in [4.78, 5) is 11.9. The molecule has 3 aromatic rings. The van der Waals surface area contributed by atoms with Crippen LogP contribution in [0.3, 0.4) is 0 Å². The number of aromatic nitrogens is 4. The van der Waals surface area contributed by atoms with Gasteiger partial charge >= 0.3 is 6.08 Å². The maximum absolute atomic E-state index is 14.0. The molecule has 136 valence electrons. The highest BCUT2D eigenvalue weighted by molar-refractivity contribution is 6.31. The van der Waals surface area contributed by atoms with Crippen molar-refractivity contribution in [3.8, 4) is 0 Å². The third-order valence-electron chi connectivity index (χ3n) is 4.35. The summed E-state index contributed by atoms with van der Waals surface area (Å²) < 4.78 is 35.3. The fourth-order valence-corrected chi connectivity index (χ4v) is 3.27. The molecule has 1 fully saturated rings. The first kappa shape index (κ1) is 17.1. The molecule has 0 saturated carbocycles. The lowest BCUT2D eigenvalue weighted by atomic mass is 10.2. The molecule has 1 N–H and O–H groups in total. The Bertz CT molecular complexity index is 922. The zero-order valence-electron chi connectivity index (χ0n) is 13.8. The normalized spacial score (nSPS) is 17.6. The predicted octanol–water partition coefficient (Wildman–Crippen LogP) is 4.07. The van der Waals surface area contributed by atoms with Crippen LogP contribution in [0.5, 0.6) is 0 Å². The standard InChI is InChI=1S/C17H16ClF2N5O/c18-11-4-3-5-12(19)10(11)8-21-15-14-16(24-17(20)23-15)25(9-22-14)13-6-1-2-7-26-13/h3-5,9,13H,1-2,6-8H2,(H,21,23,24). The summed E-state index contributed by atoms with van der Waals surface area (Å²) >= 11 is 6.03. The van der Waals surface area contributed by atoms with E-state index in [1.807, 2.05) is 0 Å². The third kappa shape index (κ3) is 3.22. The minimum Gasteiger partial charge on any atom is -0.364 e. The lowest BCUT2D eigenvalue weighted by Gasteiger charge is -2.23. The number of halogens is 3. The molecule has 1 unspecified atom stereocenters. The van der Waals surface area contributed by atoms with Gasteiger partial charge in [-0.15, -0.1) is 0 Å². The fourth-order valence-electron chi connectivity index (χ4n) is 3.04. The average Bonchev–Trinajstić information content (AvgIpc) is 3.05. The highest BCUT2D eigenvalue weighted by atomic mass is 35.5. The Labute approximate surface area is 153 Å². The molecule has 1 atom stereocenters. The number of nitrogens with zero attached hydrogens (tertiary/aromatic N) is 4. The molecule has 1 aliphatic heterocycles. The Hall–Kier alpha value is -2.32. The molecule has 4 rings (SSSR count). The van der Waals surface area contributed by atoms with Crippen LogP contribution in [0.2, 0.25) is 5.02 Å². The van der Waals surface area contributed by atoms with Crippen LogP contribution in [-0.4, -0.2) is 26.1 Å². The lowest BCUT2D eigenvalue weighted by molar-refractivity contribution is -0.0298. The summed E-state index contributed by atoms with van der Waals surface area (Å²) in [5.74, 6) is -0.265. The van der Waals surface area contributed by atoms with Crippen molar-refractivity contribution in [1.29, 1.82) is 0 Å². The van der Waals surface area contributed by atoms with Gasteiger partial charge < -0.3 is 10.1 Å². The number of rotatable bonds is 4. The summed E-state index contributed by atoms with van der Waals surface area (Å²) in [5, 5.41) is 3.19. The van der Waals surface area contributed by atoms with Crippen LogP contribution < -0.4 is 5.32 Å². The quantitative estimate of drug-likeness (QED) is 0.692. The molecule has 3 heterocycles. The van der Waals surface area contributed by atoms with Crippen molar-refractivity contribution in [3.63, 3.8) is 0 Å². The first-order valence-corrected chi connectivity index (χ1v) is 8.69. The molecule has 6 nitrogen and oxygen atoms in total. The number of hydrogen-bond donors (Lipinski definition) is 1. The van der Waals surface area contributed by atoms with E-state index in [9.17, 15) is 8.78 Å². The molecule has 9 heteroatoms. The number of anilines is 1. The van der Waals surface area contributed by atoms with Gasteiger partial charge in [0.25, 0.3) is 0 Å². The second-order valence-corrected chi connectivity index (χ2v) is 6.45. The molecule has 1 aromatic carbocycles. The minimum absolute atomic E-state index is 0.0455. The molecule has 2 aromatic heterocycles. The maximum atomic E-state index is 14.0. The van der Waals surface area contributed by atoms with Crippen LogP contribution in [-0.2, 0) is 11.3 Å². The average molecular weight is 380 g/mol. The van der Waals surface area contributed by atoms with Crippen LogP contribution in [0.25, 0.3) is 11.2 Å². The summed E-state index contributed by atoms with van der Waals surface area (Å²) in [6.07, 6.45) is 3.28. The molecule has 0 amide bonds. The second-order valence-electron chi connectivity index (χ2n) is 6.04. The molecule has 0 bridgehead atoms. The molecular formula is C17H16ClF2N5O.